The fourth-order valence-electron chi connectivity index (χ4n) is 3.64. The van der Waals surface area contributed by atoms with E-state index >= 15 is 0 Å². The van der Waals surface area contributed by atoms with Gasteiger partial charge in [-0.3, -0.25) is 4.68 Å². The van der Waals surface area contributed by atoms with Gasteiger partial charge in [0.05, 0.1) is 12.3 Å². The predicted octanol–water partition coefficient (Wildman–Crippen LogP) is 3.06. The third-order valence-corrected chi connectivity index (χ3v) is 4.94. The Balaban J connectivity index is 1.62. The highest BCUT2D eigenvalue weighted by molar-refractivity contribution is 5.93. The van der Waals surface area contributed by atoms with E-state index < -0.39 is 0 Å². The van der Waals surface area contributed by atoms with Crippen LogP contribution in [0.3, 0.4) is 0 Å². The van der Waals surface area contributed by atoms with Gasteiger partial charge in [0.2, 0.25) is 0 Å². The Bertz CT molecular complexity index is 811. The van der Waals surface area contributed by atoms with Gasteiger partial charge in [-0.1, -0.05) is 0 Å². The van der Waals surface area contributed by atoms with E-state index in [1.165, 1.54) is 5.56 Å². The van der Waals surface area contributed by atoms with Crippen LogP contribution >= 0.6 is 0 Å². The summed E-state index contributed by atoms with van der Waals surface area (Å²) >= 11 is 0. The molecule has 0 bridgehead atoms. The second-order valence-corrected chi connectivity index (χ2v) is 6.72. The Kier molecular flexibility index (Phi) is 3.65. The lowest BCUT2D eigenvalue weighted by molar-refractivity contribution is 0.108. The Morgan fingerprint density at radius 1 is 1.26 bits per heavy atom. The Hall–Kier alpha value is -2.14. The molecule has 3 aromatic heterocycles. The normalized spacial score (nSPS) is 21.8. The number of aryl methyl sites for hydroxylation is 1. The minimum atomic E-state index is -0.0892. The number of aromatic nitrogens is 4. The zero-order valence-electron chi connectivity index (χ0n) is 13.4. The molecule has 0 aliphatic heterocycles. The number of hydrogen-bond donors (Lipinski definition) is 2. The molecule has 120 valence electrons. The minimum absolute atomic E-state index is 0.0892. The summed E-state index contributed by atoms with van der Waals surface area (Å²) in [5, 5.41) is 15.1. The van der Waals surface area contributed by atoms with Gasteiger partial charge in [-0.15, -0.1) is 0 Å². The van der Waals surface area contributed by atoms with Crippen LogP contribution in [0.4, 0.5) is 0 Å². The van der Waals surface area contributed by atoms with E-state index in [1.807, 2.05) is 36.5 Å². The van der Waals surface area contributed by atoms with E-state index in [4.69, 9.17) is 0 Å². The van der Waals surface area contributed by atoms with Gasteiger partial charge in [0, 0.05) is 42.2 Å². The van der Waals surface area contributed by atoms with E-state index in [1.54, 1.807) is 0 Å². The molecule has 0 radical (unpaired) electrons. The number of aromatic amines is 1. The molecule has 0 aromatic carbocycles. The first-order chi connectivity index (χ1) is 11.2. The molecule has 0 spiro atoms. The number of nitrogens with zero attached hydrogens (tertiary/aromatic N) is 3. The predicted molar refractivity (Wildman–Crippen MR) is 90.0 cm³/mol. The standard InChI is InChI=1S/C18H22N4O/c1-22-11-14(9-21-22)17-10-20-18-16(17)7-13(8-19-18)6-12-2-4-15(23)5-3-12/h7-12,15,23H,2-6H2,1H3,(H,19,20). The molecular formula is C18H22N4O. The number of pyridine rings is 1. The van der Waals surface area contributed by atoms with Gasteiger partial charge >= 0.3 is 0 Å². The van der Waals surface area contributed by atoms with E-state index in [-0.39, 0.29) is 6.10 Å². The Labute approximate surface area is 135 Å². The largest absolute Gasteiger partial charge is 0.393 e. The molecule has 3 aromatic rings. The SMILES string of the molecule is Cn1cc(-c2c[nH]c3ncc(CC4CCC(O)CC4)cc23)cn1. The third kappa shape index (κ3) is 2.88. The highest BCUT2D eigenvalue weighted by Crippen LogP contribution is 2.31. The second kappa shape index (κ2) is 5.81. The van der Waals surface area contributed by atoms with E-state index in [0.29, 0.717) is 5.92 Å². The molecule has 5 heteroatoms. The van der Waals surface area contributed by atoms with E-state index in [2.05, 4.69) is 21.1 Å². The van der Waals surface area contributed by atoms with Crippen molar-refractivity contribution < 1.29 is 5.11 Å². The van der Waals surface area contributed by atoms with Gasteiger partial charge < -0.3 is 10.1 Å². The first-order valence-electron chi connectivity index (χ1n) is 8.32. The van der Waals surface area contributed by atoms with Crippen LogP contribution in [0.5, 0.6) is 0 Å². The van der Waals surface area contributed by atoms with Crippen molar-refractivity contribution in [2.45, 2.75) is 38.2 Å². The summed E-state index contributed by atoms with van der Waals surface area (Å²) in [7, 11) is 1.93. The first kappa shape index (κ1) is 14.5. The lowest BCUT2D eigenvalue weighted by Crippen LogP contribution is -2.19. The Morgan fingerprint density at radius 2 is 2.09 bits per heavy atom. The number of nitrogens with one attached hydrogen (secondary N) is 1. The number of aliphatic hydroxyl groups excluding tert-OH is 1. The smallest absolute Gasteiger partial charge is 0.137 e. The number of H-pyrrole nitrogens is 1. The molecule has 1 aliphatic carbocycles. The molecule has 0 unspecified atom stereocenters. The zero-order chi connectivity index (χ0) is 15.8. The summed E-state index contributed by atoms with van der Waals surface area (Å²) in [4.78, 5) is 7.83. The molecular weight excluding hydrogens is 288 g/mol. The van der Waals surface area contributed by atoms with Crippen LogP contribution in [0.1, 0.15) is 31.2 Å². The van der Waals surface area contributed by atoms with Crippen LogP contribution in [-0.2, 0) is 13.5 Å². The molecule has 2 N–H and O–H groups in total. The molecule has 3 heterocycles. The highest BCUT2D eigenvalue weighted by Gasteiger charge is 2.20. The van der Waals surface area contributed by atoms with Gasteiger partial charge in [0.1, 0.15) is 5.65 Å². The number of fused-ring (bicyclic) bond motifs is 1. The number of aliphatic hydroxyl groups is 1. The second-order valence-electron chi connectivity index (χ2n) is 6.72. The van der Waals surface area contributed by atoms with Crippen LogP contribution < -0.4 is 0 Å². The quantitative estimate of drug-likeness (QED) is 0.781. The molecule has 1 fully saturated rings. The molecule has 23 heavy (non-hydrogen) atoms. The van der Waals surface area contributed by atoms with Crippen molar-refractivity contribution in [2.24, 2.45) is 13.0 Å². The van der Waals surface area contributed by atoms with Gasteiger partial charge in [-0.2, -0.15) is 5.10 Å². The number of rotatable bonds is 3. The van der Waals surface area contributed by atoms with E-state index in [9.17, 15) is 5.11 Å². The van der Waals surface area contributed by atoms with Crippen LogP contribution in [0, 0.1) is 5.92 Å². The highest BCUT2D eigenvalue weighted by atomic mass is 16.3. The summed E-state index contributed by atoms with van der Waals surface area (Å²) in [6, 6.07) is 2.26. The summed E-state index contributed by atoms with van der Waals surface area (Å²) in [6.07, 6.45) is 13.0. The topological polar surface area (TPSA) is 66.7 Å². The maximum Gasteiger partial charge on any atom is 0.137 e. The fourth-order valence-corrected chi connectivity index (χ4v) is 3.64. The Morgan fingerprint density at radius 3 is 2.83 bits per heavy atom. The zero-order valence-corrected chi connectivity index (χ0v) is 13.4. The lowest BCUT2D eigenvalue weighted by Gasteiger charge is -2.25. The molecule has 1 aliphatic rings. The molecule has 1 saturated carbocycles. The monoisotopic (exact) mass is 310 g/mol. The van der Waals surface area contributed by atoms with Gasteiger partial charge in [0.15, 0.2) is 0 Å². The average Bonchev–Trinajstić information content (AvgIpc) is 3.15. The van der Waals surface area contributed by atoms with Gasteiger partial charge in [-0.25, -0.2) is 4.98 Å². The molecule has 0 saturated heterocycles. The fraction of sp³-hybridized carbons (Fsp3) is 0.444. The van der Waals surface area contributed by atoms with Crippen molar-refractivity contribution in [2.75, 3.05) is 0 Å². The third-order valence-electron chi connectivity index (χ3n) is 4.94. The van der Waals surface area contributed by atoms with Crippen molar-refractivity contribution >= 4 is 11.0 Å². The summed E-state index contributed by atoms with van der Waals surface area (Å²) in [6.45, 7) is 0. The van der Waals surface area contributed by atoms with Gasteiger partial charge in [-0.05, 0) is 49.7 Å². The molecule has 5 nitrogen and oxygen atoms in total. The summed E-state index contributed by atoms with van der Waals surface area (Å²) in [5.41, 5.74) is 4.47. The summed E-state index contributed by atoms with van der Waals surface area (Å²) < 4.78 is 1.82. The summed E-state index contributed by atoms with van der Waals surface area (Å²) in [5.74, 6) is 0.665. The van der Waals surface area contributed by atoms with Crippen LogP contribution in [0.15, 0.2) is 30.9 Å². The van der Waals surface area contributed by atoms with Crippen molar-refractivity contribution in [3.63, 3.8) is 0 Å². The van der Waals surface area contributed by atoms with Crippen LogP contribution in [-0.4, -0.2) is 31.0 Å². The van der Waals surface area contributed by atoms with Crippen molar-refractivity contribution in [1.82, 2.24) is 19.7 Å². The first-order valence-corrected chi connectivity index (χ1v) is 8.32. The lowest BCUT2D eigenvalue weighted by atomic mass is 9.83. The minimum Gasteiger partial charge on any atom is -0.393 e. The van der Waals surface area contributed by atoms with Crippen LogP contribution in [0.2, 0.25) is 0 Å². The molecule has 0 atom stereocenters. The van der Waals surface area contributed by atoms with Crippen LogP contribution in [0.25, 0.3) is 22.2 Å². The number of hydrogen-bond acceptors (Lipinski definition) is 3. The van der Waals surface area contributed by atoms with E-state index in [0.717, 1.165) is 54.3 Å². The maximum atomic E-state index is 9.65. The van der Waals surface area contributed by atoms with Crippen molar-refractivity contribution in [1.29, 1.82) is 0 Å². The van der Waals surface area contributed by atoms with Crippen molar-refractivity contribution in [3.05, 3.63) is 36.4 Å². The molecule has 4 rings (SSSR count). The average molecular weight is 310 g/mol. The van der Waals surface area contributed by atoms with Crippen molar-refractivity contribution in [3.8, 4) is 11.1 Å². The molecule has 0 amide bonds. The van der Waals surface area contributed by atoms with Gasteiger partial charge in [0.25, 0.3) is 0 Å². The maximum absolute atomic E-state index is 9.65.